The number of pyridine rings is 1. The Hall–Kier alpha value is -1.13. The van der Waals surface area contributed by atoms with Crippen LogP contribution in [0.5, 0.6) is 0 Å². The Kier molecular flexibility index (Phi) is 3.35. The van der Waals surface area contributed by atoms with E-state index in [0.717, 1.165) is 31.5 Å². The van der Waals surface area contributed by atoms with Crippen molar-refractivity contribution in [2.24, 2.45) is 0 Å². The van der Waals surface area contributed by atoms with Crippen LogP contribution in [0.4, 0.5) is 5.69 Å². The summed E-state index contributed by atoms with van der Waals surface area (Å²) in [7, 11) is 0. The van der Waals surface area contributed by atoms with Crippen molar-refractivity contribution in [1.82, 2.24) is 9.88 Å². The highest BCUT2D eigenvalue weighted by atomic mass is 16.3. The normalized spacial score (nSPS) is 20.7. The van der Waals surface area contributed by atoms with Gasteiger partial charge in [0.2, 0.25) is 0 Å². The Bertz CT molecular complexity index is 384. The van der Waals surface area contributed by atoms with Crippen LogP contribution in [0.2, 0.25) is 0 Å². The SMILES string of the molecule is CC(C)N1CCC(O)(c2cnccc2N)CC1. The Balaban J connectivity index is 2.15. The molecule has 4 nitrogen and oxygen atoms in total. The number of nitrogen functional groups attached to an aromatic ring is 1. The molecule has 4 heteroatoms. The van der Waals surface area contributed by atoms with Gasteiger partial charge in [-0.15, -0.1) is 0 Å². The Morgan fingerprint density at radius 3 is 2.59 bits per heavy atom. The van der Waals surface area contributed by atoms with Crippen LogP contribution < -0.4 is 5.73 Å². The van der Waals surface area contributed by atoms with Crippen LogP contribution in [-0.4, -0.2) is 34.1 Å². The minimum atomic E-state index is -0.802. The molecule has 0 spiro atoms. The number of aromatic nitrogens is 1. The number of piperidine rings is 1. The van der Waals surface area contributed by atoms with Crippen LogP contribution in [0.1, 0.15) is 32.3 Å². The molecule has 0 saturated carbocycles. The molecule has 0 aliphatic carbocycles. The lowest BCUT2D eigenvalue weighted by Gasteiger charge is -2.40. The summed E-state index contributed by atoms with van der Waals surface area (Å²) in [6, 6.07) is 2.29. The summed E-state index contributed by atoms with van der Waals surface area (Å²) in [6.45, 7) is 6.18. The van der Waals surface area contributed by atoms with Crippen LogP contribution in [0.3, 0.4) is 0 Å². The molecule has 0 radical (unpaired) electrons. The molecule has 0 amide bonds. The third kappa shape index (κ3) is 2.42. The fourth-order valence-corrected chi connectivity index (χ4v) is 2.47. The first-order chi connectivity index (χ1) is 8.03. The van der Waals surface area contributed by atoms with E-state index < -0.39 is 5.60 Å². The first kappa shape index (κ1) is 12.3. The fourth-order valence-electron chi connectivity index (χ4n) is 2.47. The van der Waals surface area contributed by atoms with Gasteiger partial charge in [0, 0.05) is 42.8 Å². The van der Waals surface area contributed by atoms with E-state index in [2.05, 4.69) is 23.7 Å². The summed E-state index contributed by atoms with van der Waals surface area (Å²) in [4.78, 5) is 6.44. The number of nitrogens with two attached hydrogens (primary N) is 1. The van der Waals surface area contributed by atoms with Gasteiger partial charge in [-0.2, -0.15) is 0 Å². The monoisotopic (exact) mass is 235 g/mol. The summed E-state index contributed by atoms with van der Waals surface area (Å²) in [6.07, 6.45) is 4.80. The number of anilines is 1. The van der Waals surface area contributed by atoms with Crippen LogP contribution in [-0.2, 0) is 5.60 Å². The van der Waals surface area contributed by atoms with Gasteiger partial charge in [-0.1, -0.05) is 0 Å². The van der Waals surface area contributed by atoms with Gasteiger partial charge >= 0.3 is 0 Å². The van der Waals surface area contributed by atoms with E-state index in [1.165, 1.54) is 0 Å². The van der Waals surface area contributed by atoms with Crippen LogP contribution in [0, 0.1) is 0 Å². The maximum absolute atomic E-state index is 10.7. The van der Waals surface area contributed by atoms with E-state index >= 15 is 0 Å². The van der Waals surface area contributed by atoms with Gasteiger partial charge in [0.05, 0.1) is 5.60 Å². The first-order valence-corrected chi connectivity index (χ1v) is 6.19. The smallest absolute Gasteiger partial charge is 0.0955 e. The zero-order valence-electron chi connectivity index (χ0n) is 10.6. The molecule has 0 aromatic carbocycles. The van der Waals surface area contributed by atoms with Gasteiger partial charge in [0.25, 0.3) is 0 Å². The second-order valence-electron chi connectivity index (χ2n) is 5.12. The third-order valence-corrected chi connectivity index (χ3v) is 3.71. The Morgan fingerprint density at radius 1 is 1.41 bits per heavy atom. The van der Waals surface area contributed by atoms with E-state index in [-0.39, 0.29) is 0 Å². The first-order valence-electron chi connectivity index (χ1n) is 6.19. The molecule has 1 aliphatic heterocycles. The number of likely N-dealkylation sites (tertiary alicyclic amines) is 1. The van der Waals surface area contributed by atoms with Gasteiger partial charge in [-0.05, 0) is 32.8 Å². The second-order valence-corrected chi connectivity index (χ2v) is 5.12. The number of hydrogen-bond donors (Lipinski definition) is 2. The standard InChI is InChI=1S/C13H21N3O/c1-10(2)16-7-4-13(17,5-8-16)11-9-15-6-3-12(11)14/h3,6,9-10,17H,4-5,7-8H2,1-2H3,(H2,14,15). The predicted molar refractivity (Wildman–Crippen MR) is 68.5 cm³/mol. The predicted octanol–water partition coefficient (Wildman–Crippen LogP) is 1.36. The van der Waals surface area contributed by atoms with Crippen molar-refractivity contribution in [3.8, 4) is 0 Å². The number of hydrogen-bond acceptors (Lipinski definition) is 4. The molecule has 2 heterocycles. The molecular formula is C13H21N3O. The van der Waals surface area contributed by atoms with E-state index in [9.17, 15) is 5.11 Å². The lowest BCUT2D eigenvalue weighted by molar-refractivity contribution is -0.0320. The van der Waals surface area contributed by atoms with E-state index in [1.54, 1.807) is 18.5 Å². The number of aliphatic hydroxyl groups is 1. The van der Waals surface area contributed by atoms with Crippen LogP contribution in [0.15, 0.2) is 18.5 Å². The van der Waals surface area contributed by atoms with Crippen molar-refractivity contribution >= 4 is 5.69 Å². The topological polar surface area (TPSA) is 62.4 Å². The van der Waals surface area contributed by atoms with Crippen molar-refractivity contribution in [3.63, 3.8) is 0 Å². The molecule has 17 heavy (non-hydrogen) atoms. The van der Waals surface area contributed by atoms with Gasteiger partial charge in [-0.3, -0.25) is 4.98 Å². The summed E-state index contributed by atoms with van der Waals surface area (Å²) in [5, 5.41) is 10.7. The van der Waals surface area contributed by atoms with E-state index in [0.29, 0.717) is 11.7 Å². The molecule has 2 rings (SSSR count). The second kappa shape index (κ2) is 4.63. The Morgan fingerprint density at radius 2 is 2.06 bits per heavy atom. The molecule has 0 unspecified atom stereocenters. The number of nitrogens with zero attached hydrogens (tertiary/aromatic N) is 2. The zero-order chi connectivity index (χ0) is 12.5. The molecular weight excluding hydrogens is 214 g/mol. The molecule has 1 fully saturated rings. The van der Waals surface area contributed by atoms with Crippen LogP contribution in [0.25, 0.3) is 0 Å². The van der Waals surface area contributed by atoms with Crippen molar-refractivity contribution in [1.29, 1.82) is 0 Å². The van der Waals surface area contributed by atoms with E-state index in [4.69, 9.17) is 5.73 Å². The molecule has 1 aromatic heterocycles. The minimum absolute atomic E-state index is 0.533. The molecule has 0 atom stereocenters. The quantitative estimate of drug-likeness (QED) is 0.812. The highest BCUT2D eigenvalue weighted by molar-refractivity contribution is 5.47. The van der Waals surface area contributed by atoms with Gasteiger partial charge in [0.15, 0.2) is 0 Å². The molecule has 1 aromatic rings. The largest absolute Gasteiger partial charge is 0.398 e. The Labute approximate surface area is 102 Å². The highest BCUT2D eigenvalue weighted by Gasteiger charge is 2.36. The highest BCUT2D eigenvalue weighted by Crippen LogP contribution is 2.35. The van der Waals surface area contributed by atoms with Crippen molar-refractivity contribution in [2.45, 2.75) is 38.3 Å². The lowest BCUT2D eigenvalue weighted by Crippen LogP contribution is -2.45. The average Bonchev–Trinajstić information content (AvgIpc) is 2.30. The molecule has 94 valence electrons. The lowest BCUT2D eigenvalue weighted by atomic mass is 9.84. The van der Waals surface area contributed by atoms with Crippen molar-refractivity contribution < 1.29 is 5.11 Å². The van der Waals surface area contributed by atoms with E-state index in [1.807, 2.05) is 0 Å². The maximum atomic E-state index is 10.7. The maximum Gasteiger partial charge on any atom is 0.0955 e. The van der Waals surface area contributed by atoms with Gasteiger partial charge in [-0.25, -0.2) is 0 Å². The summed E-state index contributed by atoms with van der Waals surface area (Å²) >= 11 is 0. The fraction of sp³-hybridized carbons (Fsp3) is 0.615. The molecule has 1 aliphatic rings. The van der Waals surface area contributed by atoms with Crippen molar-refractivity contribution in [2.75, 3.05) is 18.8 Å². The molecule has 3 N–H and O–H groups in total. The van der Waals surface area contributed by atoms with Gasteiger partial charge in [0.1, 0.15) is 0 Å². The average molecular weight is 235 g/mol. The molecule has 1 saturated heterocycles. The zero-order valence-corrected chi connectivity index (χ0v) is 10.6. The summed E-state index contributed by atoms with van der Waals surface area (Å²) in [5.74, 6) is 0. The summed E-state index contributed by atoms with van der Waals surface area (Å²) in [5.41, 5.74) is 6.54. The third-order valence-electron chi connectivity index (χ3n) is 3.71. The number of rotatable bonds is 2. The summed E-state index contributed by atoms with van der Waals surface area (Å²) < 4.78 is 0. The van der Waals surface area contributed by atoms with Crippen molar-refractivity contribution in [3.05, 3.63) is 24.0 Å². The van der Waals surface area contributed by atoms with Gasteiger partial charge < -0.3 is 15.7 Å². The minimum Gasteiger partial charge on any atom is -0.398 e. The molecule has 0 bridgehead atoms. The van der Waals surface area contributed by atoms with Crippen LogP contribution >= 0.6 is 0 Å².